The van der Waals surface area contributed by atoms with Crippen molar-refractivity contribution < 1.29 is 22.7 Å². The number of carboxylic acid groups (broad SMARTS) is 1. The third-order valence-electron chi connectivity index (χ3n) is 3.44. The average Bonchev–Trinajstić information content (AvgIpc) is 2.90. The van der Waals surface area contributed by atoms with Crippen LogP contribution >= 0.6 is 12.6 Å². The predicted molar refractivity (Wildman–Crippen MR) is 89.3 cm³/mol. The van der Waals surface area contributed by atoms with E-state index in [4.69, 9.17) is 9.52 Å². The standard InChI is InChI=1S/C15H13NO5S2/c17-15(18)12(8-22)16-23(19,20)9-5-6-14-11(7-9)10-3-1-2-4-13(10)21-14/h1-7,12,16,22H,8H2,(H,17,18)/t12-/m1/s1. The Labute approximate surface area is 137 Å². The van der Waals surface area contributed by atoms with E-state index in [1.165, 1.54) is 12.1 Å². The Morgan fingerprint density at radius 2 is 1.87 bits per heavy atom. The number of aliphatic carboxylic acids is 1. The van der Waals surface area contributed by atoms with Crippen LogP contribution in [0.3, 0.4) is 0 Å². The second-order valence-corrected chi connectivity index (χ2v) is 7.03. The fourth-order valence-corrected chi connectivity index (χ4v) is 3.88. The molecule has 0 aliphatic carbocycles. The molecule has 6 nitrogen and oxygen atoms in total. The summed E-state index contributed by atoms with van der Waals surface area (Å²) < 4.78 is 32.5. The molecule has 2 N–H and O–H groups in total. The summed E-state index contributed by atoms with van der Waals surface area (Å²) in [5.41, 5.74) is 1.22. The van der Waals surface area contributed by atoms with Crippen LogP contribution in [0.15, 0.2) is 51.8 Å². The third-order valence-corrected chi connectivity index (χ3v) is 5.27. The maximum Gasteiger partial charge on any atom is 0.322 e. The van der Waals surface area contributed by atoms with Crippen molar-refractivity contribution in [2.45, 2.75) is 10.9 Å². The molecule has 1 heterocycles. The molecule has 0 saturated heterocycles. The molecule has 0 fully saturated rings. The van der Waals surface area contributed by atoms with Crippen LogP contribution in [0.25, 0.3) is 21.9 Å². The average molecular weight is 351 g/mol. The van der Waals surface area contributed by atoms with E-state index < -0.39 is 22.0 Å². The Kier molecular flexibility index (Phi) is 4.05. The van der Waals surface area contributed by atoms with Crippen molar-refractivity contribution >= 4 is 50.6 Å². The van der Waals surface area contributed by atoms with Gasteiger partial charge in [0.15, 0.2) is 0 Å². The minimum absolute atomic E-state index is 0.0235. The predicted octanol–water partition coefficient (Wildman–Crippen LogP) is 2.25. The van der Waals surface area contributed by atoms with Crippen LogP contribution in [0.4, 0.5) is 0 Å². The van der Waals surface area contributed by atoms with Crippen LogP contribution in [-0.2, 0) is 14.8 Å². The zero-order valence-electron chi connectivity index (χ0n) is 11.8. The highest BCUT2D eigenvalue weighted by Crippen LogP contribution is 2.30. The number of carboxylic acids is 1. The van der Waals surface area contributed by atoms with E-state index in [0.717, 1.165) is 5.39 Å². The molecular formula is C15H13NO5S2. The van der Waals surface area contributed by atoms with E-state index in [-0.39, 0.29) is 10.6 Å². The van der Waals surface area contributed by atoms with Gasteiger partial charge < -0.3 is 9.52 Å². The molecular weight excluding hydrogens is 338 g/mol. The van der Waals surface area contributed by atoms with Gasteiger partial charge in [-0.2, -0.15) is 17.4 Å². The Hall–Kier alpha value is -2.03. The summed E-state index contributed by atoms with van der Waals surface area (Å²) >= 11 is 3.85. The smallest absolute Gasteiger partial charge is 0.322 e. The molecule has 3 rings (SSSR count). The Bertz CT molecular complexity index is 993. The van der Waals surface area contributed by atoms with Gasteiger partial charge in [-0.25, -0.2) is 8.42 Å². The first-order chi connectivity index (χ1) is 10.9. The number of fused-ring (bicyclic) bond motifs is 3. The minimum atomic E-state index is -3.98. The maximum absolute atomic E-state index is 12.4. The number of hydrogen-bond acceptors (Lipinski definition) is 5. The second-order valence-electron chi connectivity index (χ2n) is 4.95. The maximum atomic E-state index is 12.4. The summed E-state index contributed by atoms with van der Waals surface area (Å²) in [6, 6.07) is 10.4. The van der Waals surface area contributed by atoms with Crippen LogP contribution < -0.4 is 4.72 Å². The molecule has 0 aliphatic heterocycles. The van der Waals surface area contributed by atoms with Gasteiger partial charge in [0.25, 0.3) is 0 Å². The van der Waals surface area contributed by atoms with Crippen LogP contribution in [0, 0.1) is 0 Å². The number of furan rings is 1. The first-order valence-corrected chi connectivity index (χ1v) is 8.81. The van der Waals surface area contributed by atoms with Crippen molar-refractivity contribution in [2.75, 3.05) is 5.75 Å². The normalized spacial score (nSPS) is 13.4. The topological polar surface area (TPSA) is 96.6 Å². The Balaban J connectivity index is 2.08. The van der Waals surface area contributed by atoms with Crippen molar-refractivity contribution in [2.24, 2.45) is 0 Å². The van der Waals surface area contributed by atoms with Crippen LogP contribution in [0.1, 0.15) is 0 Å². The molecule has 1 aromatic heterocycles. The van der Waals surface area contributed by atoms with E-state index in [2.05, 4.69) is 17.4 Å². The molecule has 2 aromatic carbocycles. The number of sulfonamides is 1. The summed E-state index contributed by atoms with van der Waals surface area (Å²) in [6.07, 6.45) is 0. The van der Waals surface area contributed by atoms with Gasteiger partial charge in [0.1, 0.15) is 17.2 Å². The molecule has 8 heteroatoms. The van der Waals surface area contributed by atoms with Crippen molar-refractivity contribution in [1.29, 1.82) is 0 Å². The number of carbonyl (C=O) groups is 1. The summed E-state index contributed by atoms with van der Waals surface area (Å²) in [6.45, 7) is 0. The van der Waals surface area contributed by atoms with Crippen LogP contribution in [0.2, 0.25) is 0 Å². The second kappa shape index (κ2) is 5.88. The highest BCUT2D eigenvalue weighted by Gasteiger charge is 2.24. The molecule has 0 amide bonds. The quantitative estimate of drug-likeness (QED) is 0.613. The summed E-state index contributed by atoms with van der Waals surface area (Å²) in [4.78, 5) is 11.0. The summed E-state index contributed by atoms with van der Waals surface area (Å²) in [7, 11) is -3.98. The van der Waals surface area contributed by atoms with Crippen molar-refractivity contribution in [1.82, 2.24) is 4.72 Å². The highest BCUT2D eigenvalue weighted by molar-refractivity contribution is 7.89. The molecule has 23 heavy (non-hydrogen) atoms. The molecule has 0 aliphatic rings. The number of thiol groups is 1. The molecule has 1 atom stereocenters. The summed E-state index contributed by atoms with van der Waals surface area (Å²) in [5.74, 6) is -1.43. The first kappa shape index (κ1) is 15.9. The lowest BCUT2D eigenvalue weighted by Gasteiger charge is -2.12. The largest absolute Gasteiger partial charge is 0.480 e. The fourth-order valence-electron chi connectivity index (χ4n) is 2.29. The molecule has 0 bridgehead atoms. The van der Waals surface area contributed by atoms with Gasteiger partial charge in [0, 0.05) is 16.5 Å². The van der Waals surface area contributed by atoms with Crippen molar-refractivity contribution in [3.05, 3.63) is 42.5 Å². The van der Waals surface area contributed by atoms with Gasteiger partial charge in [-0.1, -0.05) is 18.2 Å². The highest BCUT2D eigenvalue weighted by atomic mass is 32.2. The van der Waals surface area contributed by atoms with Gasteiger partial charge in [-0.3, -0.25) is 4.79 Å². The molecule has 120 valence electrons. The number of nitrogens with one attached hydrogen (secondary N) is 1. The number of rotatable bonds is 5. The van der Waals surface area contributed by atoms with Gasteiger partial charge in [-0.05, 0) is 24.3 Å². The Morgan fingerprint density at radius 1 is 1.17 bits per heavy atom. The Morgan fingerprint density at radius 3 is 2.57 bits per heavy atom. The lowest BCUT2D eigenvalue weighted by atomic mass is 10.1. The van der Waals surface area contributed by atoms with E-state index in [0.29, 0.717) is 16.6 Å². The summed E-state index contributed by atoms with van der Waals surface area (Å²) in [5, 5.41) is 10.4. The van der Waals surface area contributed by atoms with Gasteiger partial charge in [-0.15, -0.1) is 0 Å². The molecule has 0 radical (unpaired) electrons. The van der Waals surface area contributed by atoms with Crippen LogP contribution in [0.5, 0.6) is 0 Å². The van der Waals surface area contributed by atoms with E-state index in [1.54, 1.807) is 12.1 Å². The lowest BCUT2D eigenvalue weighted by Crippen LogP contribution is -2.42. The van der Waals surface area contributed by atoms with Crippen LogP contribution in [-0.4, -0.2) is 31.3 Å². The van der Waals surface area contributed by atoms with E-state index in [1.807, 2.05) is 18.2 Å². The van der Waals surface area contributed by atoms with Gasteiger partial charge >= 0.3 is 5.97 Å². The van der Waals surface area contributed by atoms with Crippen molar-refractivity contribution in [3.63, 3.8) is 0 Å². The zero-order valence-corrected chi connectivity index (χ0v) is 13.5. The number of para-hydroxylation sites is 1. The monoisotopic (exact) mass is 351 g/mol. The van der Waals surface area contributed by atoms with E-state index >= 15 is 0 Å². The first-order valence-electron chi connectivity index (χ1n) is 6.69. The van der Waals surface area contributed by atoms with Gasteiger partial charge in [0.2, 0.25) is 10.0 Å². The number of hydrogen-bond donors (Lipinski definition) is 3. The number of benzene rings is 2. The molecule has 3 aromatic rings. The molecule has 0 saturated carbocycles. The molecule has 0 spiro atoms. The molecule has 0 unspecified atom stereocenters. The van der Waals surface area contributed by atoms with E-state index in [9.17, 15) is 13.2 Å². The third kappa shape index (κ3) is 2.92. The van der Waals surface area contributed by atoms with Crippen molar-refractivity contribution in [3.8, 4) is 0 Å². The lowest BCUT2D eigenvalue weighted by molar-refractivity contribution is -0.138. The minimum Gasteiger partial charge on any atom is -0.480 e. The fraction of sp³-hybridized carbons (Fsp3) is 0.133. The zero-order chi connectivity index (χ0) is 16.6. The van der Waals surface area contributed by atoms with Gasteiger partial charge in [0.05, 0.1) is 4.90 Å². The SMILES string of the molecule is O=C(O)[C@@H](CS)NS(=O)(=O)c1ccc2oc3ccccc3c2c1.